The van der Waals surface area contributed by atoms with Crippen LogP contribution in [0.3, 0.4) is 0 Å². The summed E-state index contributed by atoms with van der Waals surface area (Å²) in [5.41, 5.74) is 2.44. The van der Waals surface area contributed by atoms with Gasteiger partial charge in [-0.25, -0.2) is 0 Å². The van der Waals surface area contributed by atoms with Gasteiger partial charge >= 0.3 is 0 Å². The highest BCUT2D eigenvalue weighted by atomic mass is 35.5. The van der Waals surface area contributed by atoms with Crippen LogP contribution in [0, 0.1) is 0 Å². The minimum absolute atomic E-state index is 0.446. The Bertz CT molecular complexity index is 432. The van der Waals surface area contributed by atoms with E-state index in [0.717, 1.165) is 24.7 Å². The molecule has 0 saturated carbocycles. The minimum atomic E-state index is 0.446. The summed E-state index contributed by atoms with van der Waals surface area (Å²) in [6.45, 7) is 11.6. The number of rotatable bonds is 8. The van der Waals surface area contributed by atoms with Crippen LogP contribution in [0.15, 0.2) is 18.2 Å². The zero-order chi connectivity index (χ0) is 16.0. The van der Waals surface area contributed by atoms with Crippen LogP contribution in [0.4, 0.5) is 5.69 Å². The summed E-state index contributed by atoms with van der Waals surface area (Å²) in [5.74, 6) is 0. The molecule has 0 saturated heterocycles. The van der Waals surface area contributed by atoms with E-state index in [0.29, 0.717) is 12.1 Å². The summed E-state index contributed by atoms with van der Waals surface area (Å²) >= 11 is 6.45. The second kappa shape index (κ2) is 8.62. The van der Waals surface area contributed by atoms with Crippen LogP contribution in [-0.2, 0) is 6.54 Å². The molecule has 1 atom stereocenters. The van der Waals surface area contributed by atoms with Crippen LogP contribution in [0.2, 0.25) is 5.02 Å². The summed E-state index contributed by atoms with van der Waals surface area (Å²) in [4.78, 5) is 4.66. The van der Waals surface area contributed by atoms with Crippen molar-refractivity contribution in [1.82, 2.24) is 10.2 Å². The standard InChI is InChI=1S/C17H30ClN3/c1-7-21(14(4)12-20(5)6)17-10-8-9-16(18)15(17)11-19-13(2)3/h8-10,13-14,19H,7,11-12H2,1-6H3. The molecule has 0 heterocycles. The monoisotopic (exact) mass is 311 g/mol. The van der Waals surface area contributed by atoms with Crippen molar-refractivity contribution in [3.63, 3.8) is 0 Å². The van der Waals surface area contributed by atoms with Crippen LogP contribution in [-0.4, -0.2) is 44.2 Å². The first-order chi connectivity index (χ1) is 9.86. The molecular formula is C17H30ClN3. The van der Waals surface area contributed by atoms with Gasteiger partial charge in [-0.05, 0) is 40.1 Å². The number of halogens is 1. The van der Waals surface area contributed by atoms with Crippen molar-refractivity contribution < 1.29 is 0 Å². The van der Waals surface area contributed by atoms with Gasteiger partial charge < -0.3 is 15.1 Å². The Hall–Kier alpha value is -0.770. The van der Waals surface area contributed by atoms with E-state index in [9.17, 15) is 0 Å². The Labute approximate surface area is 135 Å². The summed E-state index contributed by atoms with van der Waals surface area (Å²) in [7, 11) is 4.23. The first-order valence-corrected chi connectivity index (χ1v) is 8.16. The number of benzene rings is 1. The quantitative estimate of drug-likeness (QED) is 0.791. The maximum absolute atomic E-state index is 6.45. The van der Waals surface area contributed by atoms with Crippen molar-refractivity contribution >= 4 is 17.3 Å². The Balaban J connectivity index is 3.05. The third kappa shape index (κ3) is 5.50. The smallest absolute Gasteiger partial charge is 0.0471 e. The van der Waals surface area contributed by atoms with E-state index in [1.54, 1.807) is 0 Å². The SMILES string of the molecule is CCN(c1cccc(Cl)c1CNC(C)C)C(C)CN(C)C. The minimum Gasteiger partial charge on any atom is -0.368 e. The molecule has 0 aliphatic carbocycles. The molecule has 0 aliphatic heterocycles. The number of anilines is 1. The topological polar surface area (TPSA) is 18.5 Å². The van der Waals surface area contributed by atoms with Crippen LogP contribution in [0.1, 0.15) is 33.3 Å². The lowest BCUT2D eigenvalue weighted by Gasteiger charge is -2.34. The van der Waals surface area contributed by atoms with Crippen LogP contribution >= 0.6 is 11.6 Å². The first kappa shape index (κ1) is 18.3. The van der Waals surface area contributed by atoms with Gasteiger partial charge in [-0.3, -0.25) is 0 Å². The second-order valence-electron chi connectivity index (χ2n) is 6.17. The average Bonchev–Trinajstić information content (AvgIpc) is 2.37. The van der Waals surface area contributed by atoms with Gasteiger partial charge in [0.05, 0.1) is 0 Å². The van der Waals surface area contributed by atoms with E-state index in [-0.39, 0.29) is 0 Å². The fraction of sp³-hybridized carbons (Fsp3) is 0.647. The van der Waals surface area contributed by atoms with Gasteiger partial charge in [0, 0.05) is 48.0 Å². The van der Waals surface area contributed by atoms with Crippen molar-refractivity contribution in [2.24, 2.45) is 0 Å². The average molecular weight is 312 g/mol. The number of hydrogen-bond donors (Lipinski definition) is 1. The van der Waals surface area contributed by atoms with E-state index < -0.39 is 0 Å². The number of nitrogens with one attached hydrogen (secondary N) is 1. The molecule has 120 valence electrons. The molecule has 0 bridgehead atoms. The molecule has 0 spiro atoms. The number of likely N-dealkylation sites (N-methyl/N-ethyl adjacent to an activating group) is 2. The van der Waals surface area contributed by atoms with E-state index >= 15 is 0 Å². The van der Waals surface area contributed by atoms with Gasteiger partial charge in [0.1, 0.15) is 0 Å². The lowest BCUT2D eigenvalue weighted by molar-refractivity contribution is 0.372. The fourth-order valence-electron chi connectivity index (χ4n) is 2.64. The molecule has 0 aliphatic rings. The van der Waals surface area contributed by atoms with Crippen molar-refractivity contribution in [2.75, 3.05) is 32.1 Å². The van der Waals surface area contributed by atoms with Gasteiger partial charge in [0.2, 0.25) is 0 Å². The Morgan fingerprint density at radius 1 is 1.19 bits per heavy atom. The molecule has 0 fully saturated rings. The van der Waals surface area contributed by atoms with E-state index in [4.69, 9.17) is 11.6 Å². The molecular weight excluding hydrogens is 282 g/mol. The molecule has 1 N–H and O–H groups in total. The summed E-state index contributed by atoms with van der Waals surface area (Å²) in [5, 5.41) is 4.32. The van der Waals surface area contributed by atoms with Crippen molar-refractivity contribution in [2.45, 2.75) is 46.3 Å². The highest BCUT2D eigenvalue weighted by Gasteiger charge is 2.18. The number of hydrogen-bond acceptors (Lipinski definition) is 3. The van der Waals surface area contributed by atoms with Crippen molar-refractivity contribution in [1.29, 1.82) is 0 Å². The van der Waals surface area contributed by atoms with E-state index in [2.05, 4.69) is 63.0 Å². The zero-order valence-electron chi connectivity index (χ0n) is 14.3. The number of nitrogens with zero attached hydrogens (tertiary/aromatic N) is 2. The second-order valence-corrected chi connectivity index (χ2v) is 6.58. The molecule has 0 amide bonds. The summed E-state index contributed by atoms with van der Waals surface area (Å²) < 4.78 is 0. The molecule has 1 aromatic rings. The third-order valence-electron chi connectivity index (χ3n) is 3.59. The highest BCUT2D eigenvalue weighted by Crippen LogP contribution is 2.29. The van der Waals surface area contributed by atoms with Gasteiger partial charge in [0.15, 0.2) is 0 Å². The Morgan fingerprint density at radius 2 is 1.86 bits per heavy atom. The maximum atomic E-state index is 6.45. The molecule has 4 heteroatoms. The molecule has 0 aromatic heterocycles. The summed E-state index contributed by atoms with van der Waals surface area (Å²) in [6, 6.07) is 7.09. The van der Waals surface area contributed by atoms with Crippen LogP contribution in [0.5, 0.6) is 0 Å². The predicted molar refractivity (Wildman–Crippen MR) is 94.5 cm³/mol. The third-order valence-corrected chi connectivity index (χ3v) is 3.95. The maximum Gasteiger partial charge on any atom is 0.0471 e. The van der Waals surface area contributed by atoms with E-state index in [1.165, 1.54) is 11.3 Å². The van der Waals surface area contributed by atoms with Crippen LogP contribution < -0.4 is 10.2 Å². The zero-order valence-corrected chi connectivity index (χ0v) is 15.0. The van der Waals surface area contributed by atoms with Gasteiger partial charge in [-0.1, -0.05) is 31.5 Å². The first-order valence-electron chi connectivity index (χ1n) is 7.78. The molecule has 1 aromatic carbocycles. The molecule has 0 radical (unpaired) electrons. The Kier molecular flexibility index (Phi) is 7.50. The largest absolute Gasteiger partial charge is 0.368 e. The van der Waals surface area contributed by atoms with Crippen LogP contribution in [0.25, 0.3) is 0 Å². The molecule has 21 heavy (non-hydrogen) atoms. The summed E-state index contributed by atoms with van der Waals surface area (Å²) in [6.07, 6.45) is 0. The fourth-order valence-corrected chi connectivity index (χ4v) is 2.88. The van der Waals surface area contributed by atoms with Gasteiger partial charge in [-0.15, -0.1) is 0 Å². The van der Waals surface area contributed by atoms with Gasteiger partial charge in [-0.2, -0.15) is 0 Å². The highest BCUT2D eigenvalue weighted by molar-refractivity contribution is 6.31. The van der Waals surface area contributed by atoms with E-state index in [1.807, 2.05) is 12.1 Å². The predicted octanol–water partition coefficient (Wildman–Crippen LogP) is 3.61. The van der Waals surface area contributed by atoms with Crippen molar-refractivity contribution in [3.8, 4) is 0 Å². The van der Waals surface area contributed by atoms with Gasteiger partial charge in [0.25, 0.3) is 0 Å². The molecule has 3 nitrogen and oxygen atoms in total. The molecule has 1 rings (SSSR count). The lowest BCUT2D eigenvalue weighted by atomic mass is 10.1. The van der Waals surface area contributed by atoms with Crippen molar-refractivity contribution in [3.05, 3.63) is 28.8 Å². The normalized spacial score (nSPS) is 13.0. The molecule has 1 unspecified atom stereocenters. The Morgan fingerprint density at radius 3 is 2.38 bits per heavy atom. The lowest BCUT2D eigenvalue weighted by Crippen LogP contribution is -2.40.